The molecule has 0 aliphatic heterocycles. The highest BCUT2D eigenvalue weighted by molar-refractivity contribution is 5.81. The predicted molar refractivity (Wildman–Crippen MR) is 68.7 cm³/mol. The molecule has 1 aliphatic rings. The van der Waals surface area contributed by atoms with Crippen LogP contribution in [0.15, 0.2) is 42.3 Å². The zero-order chi connectivity index (χ0) is 17.4. The summed E-state index contributed by atoms with van der Waals surface area (Å²) in [6, 6.07) is -1.31. The molecule has 0 atom stereocenters. The number of hydrogen-bond acceptors (Lipinski definition) is 0. The lowest BCUT2D eigenvalue weighted by atomic mass is 9.80. The van der Waals surface area contributed by atoms with Crippen LogP contribution in [0, 0.1) is 6.92 Å². The van der Waals surface area contributed by atoms with Crippen molar-refractivity contribution < 1.29 is 9.60 Å². The van der Waals surface area contributed by atoms with Crippen molar-refractivity contribution in [2.75, 3.05) is 0 Å². The van der Waals surface area contributed by atoms with E-state index in [9.17, 15) is 0 Å². The number of benzene rings is 2. The van der Waals surface area contributed by atoms with E-state index in [1.807, 2.05) is 13.8 Å². The highest BCUT2D eigenvalue weighted by Crippen LogP contribution is 2.49. The molecule has 0 saturated carbocycles. The lowest BCUT2D eigenvalue weighted by Crippen LogP contribution is -2.16. The third-order valence-electron chi connectivity index (χ3n) is 3.25. The van der Waals surface area contributed by atoms with Crippen LogP contribution in [0.3, 0.4) is 0 Å². The van der Waals surface area contributed by atoms with Gasteiger partial charge in [-0.05, 0) is 34.7 Å². The van der Waals surface area contributed by atoms with E-state index in [0.29, 0.717) is 27.8 Å². The van der Waals surface area contributed by atoms with Crippen molar-refractivity contribution in [3.05, 3.63) is 59.0 Å². The van der Waals surface area contributed by atoms with Gasteiger partial charge in [0.05, 0.1) is 9.60 Å². The minimum absolute atomic E-state index is 0.0233. The molecule has 1 aliphatic carbocycles. The Bertz CT molecular complexity index is 810. The summed E-state index contributed by atoms with van der Waals surface area (Å²) in [5.74, 6) is 0. The van der Waals surface area contributed by atoms with Crippen molar-refractivity contribution in [3.8, 4) is 11.1 Å². The van der Waals surface area contributed by atoms with Gasteiger partial charge in [0.25, 0.3) is 0 Å². The molecule has 0 heterocycles. The molecule has 0 heteroatoms. The van der Waals surface area contributed by atoms with Crippen LogP contribution in [0.1, 0.15) is 40.1 Å². The third kappa shape index (κ3) is 1.05. The average molecular weight is 215 g/mol. The van der Waals surface area contributed by atoms with Crippen molar-refractivity contribution in [1.82, 2.24) is 0 Å². The van der Waals surface area contributed by atoms with Gasteiger partial charge in [0.15, 0.2) is 0 Å². The van der Waals surface area contributed by atoms with Gasteiger partial charge in [-0.25, -0.2) is 0 Å². The van der Waals surface area contributed by atoms with Gasteiger partial charge in [0, 0.05) is 5.41 Å². The Labute approximate surface area is 107 Å². The lowest BCUT2D eigenvalue weighted by Gasteiger charge is -2.23. The van der Waals surface area contributed by atoms with E-state index in [1.165, 1.54) is 0 Å². The fourth-order valence-electron chi connectivity index (χ4n) is 2.56. The first-order valence-corrected chi connectivity index (χ1v) is 5.25. The van der Waals surface area contributed by atoms with Crippen molar-refractivity contribution >= 4 is 0 Å². The van der Waals surface area contributed by atoms with Crippen LogP contribution in [-0.4, -0.2) is 0 Å². The minimum atomic E-state index is -0.746. The van der Waals surface area contributed by atoms with E-state index in [4.69, 9.17) is 9.60 Å². The summed E-state index contributed by atoms with van der Waals surface area (Å²) >= 11 is 0. The fraction of sp³-hybridized carbons (Fsp3) is 0.250. The quantitative estimate of drug-likeness (QED) is 0.614. The second-order valence-electron chi connectivity index (χ2n) is 4.62. The Morgan fingerprint density at radius 1 is 0.938 bits per heavy atom. The maximum absolute atomic E-state index is 8.25. The Morgan fingerprint density at radius 2 is 1.62 bits per heavy atom. The standard InChI is InChI=1S/C16H16/c1-11-7-6-9-13-12-8-4-5-10-14(12)16(2,3)15(11)13/h4-10H,1-3H3/i4D,5D,6D,7D,8D,9D,10D. The first kappa shape index (κ1) is 4.75. The highest BCUT2D eigenvalue weighted by Gasteiger charge is 2.35. The molecule has 2 aromatic carbocycles. The molecule has 0 aromatic heterocycles. The molecular formula is C16H16. The first-order chi connectivity index (χ1) is 10.5. The fourth-order valence-corrected chi connectivity index (χ4v) is 2.56. The van der Waals surface area contributed by atoms with Crippen molar-refractivity contribution in [2.24, 2.45) is 0 Å². The molecule has 0 nitrogen and oxygen atoms in total. The third-order valence-corrected chi connectivity index (χ3v) is 3.25. The van der Waals surface area contributed by atoms with E-state index in [-0.39, 0.29) is 42.3 Å². The molecule has 0 bridgehead atoms. The maximum atomic E-state index is 8.25. The monoisotopic (exact) mass is 215 g/mol. The van der Waals surface area contributed by atoms with Crippen molar-refractivity contribution in [3.63, 3.8) is 0 Å². The Balaban J connectivity index is 2.63. The summed E-state index contributed by atoms with van der Waals surface area (Å²) in [4.78, 5) is 0. The summed E-state index contributed by atoms with van der Waals surface area (Å²) in [6.45, 7) is 5.39. The van der Waals surface area contributed by atoms with Crippen LogP contribution in [0.2, 0.25) is 0 Å². The van der Waals surface area contributed by atoms with Gasteiger partial charge in [-0.15, -0.1) is 0 Å². The Morgan fingerprint density at radius 3 is 2.44 bits per heavy atom. The van der Waals surface area contributed by atoms with E-state index in [0.717, 1.165) is 0 Å². The molecule has 0 radical (unpaired) electrons. The van der Waals surface area contributed by atoms with Crippen molar-refractivity contribution in [2.45, 2.75) is 26.2 Å². The molecule has 0 amide bonds. The molecule has 0 saturated heterocycles. The number of fused-ring (bicyclic) bond motifs is 3. The summed E-state index contributed by atoms with van der Waals surface area (Å²) in [5, 5.41) is 0. The van der Waals surface area contributed by atoms with Gasteiger partial charge in [-0.3, -0.25) is 0 Å². The van der Waals surface area contributed by atoms with Gasteiger partial charge in [-0.2, -0.15) is 0 Å². The largest absolute Gasteiger partial charge is 0.0629 e. The van der Waals surface area contributed by atoms with Crippen LogP contribution >= 0.6 is 0 Å². The van der Waals surface area contributed by atoms with Gasteiger partial charge < -0.3 is 0 Å². The van der Waals surface area contributed by atoms with Gasteiger partial charge in [0.1, 0.15) is 0 Å². The van der Waals surface area contributed by atoms with Crippen LogP contribution in [0.4, 0.5) is 0 Å². The lowest BCUT2D eigenvalue weighted by molar-refractivity contribution is 0.655. The molecule has 0 spiro atoms. The van der Waals surface area contributed by atoms with Gasteiger partial charge in [-0.1, -0.05) is 56.1 Å². The summed E-state index contributed by atoms with van der Waals surface area (Å²) < 4.78 is 56.6. The predicted octanol–water partition coefficient (Wildman–Crippen LogP) is 4.30. The van der Waals surface area contributed by atoms with Crippen molar-refractivity contribution in [1.29, 1.82) is 0 Å². The molecular weight excluding hydrogens is 192 g/mol. The number of hydrogen-bond donors (Lipinski definition) is 0. The van der Waals surface area contributed by atoms with Gasteiger partial charge >= 0.3 is 0 Å². The van der Waals surface area contributed by atoms with E-state index in [2.05, 4.69) is 0 Å². The van der Waals surface area contributed by atoms with Crippen LogP contribution in [0.25, 0.3) is 11.1 Å². The maximum Gasteiger partial charge on any atom is 0.0629 e. The molecule has 3 rings (SSSR count). The van der Waals surface area contributed by atoms with E-state index < -0.39 is 5.41 Å². The zero-order valence-corrected chi connectivity index (χ0v) is 9.50. The van der Waals surface area contributed by atoms with Crippen LogP contribution in [-0.2, 0) is 5.41 Å². The summed E-state index contributed by atoms with van der Waals surface area (Å²) in [7, 11) is 0. The topological polar surface area (TPSA) is 0 Å². The SMILES string of the molecule is [2H]c1c([2H])c([2H])c2c(c1[2H])-c1c([2H])c([2H])c([2H])c(C)c1C2(C)C. The summed E-state index contributed by atoms with van der Waals surface area (Å²) in [6.07, 6.45) is 0. The van der Waals surface area contributed by atoms with E-state index in [1.54, 1.807) is 6.92 Å². The molecule has 16 heavy (non-hydrogen) atoms. The summed E-state index contributed by atoms with van der Waals surface area (Å²) in [5.41, 5.74) is 1.59. The molecule has 80 valence electrons. The second-order valence-corrected chi connectivity index (χ2v) is 4.62. The Kier molecular flexibility index (Phi) is 0.883. The molecule has 0 unspecified atom stereocenters. The second kappa shape index (κ2) is 2.98. The molecule has 2 aromatic rings. The molecule has 0 fully saturated rings. The Hall–Kier alpha value is -1.56. The minimum Gasteiger partial charge on any atom is -0.0619 e. The smallest absolute Gasteiger partial charge is 0.0619 e. The van der Waals surface area contributed by atoms with E-state index >= 15 is 0 Å². The first-order valence-electron chi connectivity index (χ1n) is 8.75. The molecule has 0 N–H and O–H groups in total. The van der Waals surface area contributed by atoms with Crippen LogP contribution < -0.4 is 0 Å². The normalized spacial score (nSPS) is 21.8. The zero-order valence-electron chi connectivity index (χ0n) is 16.5. The average Bonchev–Trinajstić information content (AvgIpc) is 2.74. The van der Waals surface area contributed by atoms with Gasteiger partial charge in [0.2, 0.25) is 0 Å². The van der Waals surface area contributed by atoms with Crippen LogP contribution in [0.5, 0.6) is 0 Å². The number of rotatable bonds is 0. The highest BCUT2D eigenvalue weighted by atomic mass is 14.4.